The van der Waals surface area contributed by atoms with Crippen molar-refractivity contribution >= 4 is 22.4 Å². The minimum atomic E-state index is 0.736. The van der Waals surface area contributed by atoms with E-state index in [2.05, 4.69) is 10.2 Å². The van der Waals surface area contributed by atoms with E-state index in [9.17, 15) is 0 Å². The Morgan fingerprint density at radius 1 is 1.21 bits per heavy atom. The Morgan fingerprint density at radius 2 is 1.93 bits per heavy atom. The van der Waals surface area contributed by atoms with Crippen LogP contribution in [0.4, 0.5) is 0 Å². The zero-order valence-electron chi connectivity index (χ0n) is 8.58. The normalized spacial score (nSPS) is 9.43. The molecule has 0 unspecified atom stereocenters. The Balaban J connectivity index is 0.000000461. The van der Waals surface area contributed by atoms with E-state index in [-0.39, 0.29) is 0 Å². The van der Waals surface area contributed by atoms with Crippen molar-refractivity contribution in [2.45, 2.75) is 20.8 Å². The van der Waals surface area contributed by atoms with Gasteiger partial charge < -0.3 is 0 Å². The average molecular weight is 209 g/mol. The molecule has 1 aromatic carbocycles. The molecule has 0 saturated heterocycles. The zero-order chi connectivity index (χ0) is 10.6. The largest absolute Gasteiger partial charge is 0.158 e. The summed E-state index contributed by atoms with van der Waals surface area (Å²) in [6, 6.07) is 5.74. The van der Waals surface area contributed by atoms with Gasteiger partial charge in [0, 0.05) is 10.8 Å². The van der Waals surface area contributed by atoms with Crippen LogP contribution in [0.15, 0.2) is 24.4 Å². The molecule has 0 bridgehead atoms. The molecule has 2 rings (SSSR count). The summed E-state index contributed by atoms with van der Waals surface area (Å²) in [5.74, 6) is 0. The van der Waals surface area contributed by atoms with E-state index >= 15 is 0 Å². The van der Waals surface area contributed by atoms with Crippen molar-refractivity contribution in [3.05, 3.63) is 35.1 Å². The van der Waals surface area contributed by atoms with Crippen molar-refractivity contribution in [2.75, 3.05) is 0 Å². The number of benzene rings is 1. The number of hydrogen-bond acceptors (Lipinski definition) is 2. The van der Waals surface area contributed by atoms with Crippen LogP contribution in [-0.4, -0.2) is 10.2 Å². The van der Waals surface area contributed by atoms with Gasteiger partial charge in [-0.3, -0.25) is 0 Å². The summed E-state index contributed by atoms with van der Waals surface area (Å²) in [5.41, 5.74) is 0.873. The molecule has 2 nitrogen and oxygen atoms in total. The Kier molecular flexibility index (Phi) is 3.84. The van der Waals surface area contributed by atoms with E-state index in [1.807, 2.05) is 39.0 Å². The maximum Gasteiger partial charge on any atom is 0.0693 e. The van der Waals surface area contributed by atoms with Crippen molar-refractivity contribution in [3.63, 3.8) is 0 Å². The van der Waals surface area contributed by atoms with Crippen LogP contribution in [0.1, 0.15) is 19.5 Å². The fraction of sp³-hybridized carbons (Fsp3) is 0.273. The fourth-order valence-corrected chi connectivity index (χ4v) is 1.58. The Bertz CT molecular complexity index is 390. The van der Waals surface area contributed by atoms with Crippen LogP contribution in [0.3, 0.4) is 0 Å². The maximum absolute atomic E-state index is 5.99. The monoisotopic (exact) mass is 208 g/mol. The van der Waals surface area contributed by atoms with Gasteiger partial charge in [-0.25, -0.2) is 0 Å². The van der Waals surface area contributed by atoms with E-state index in [1.54, 1.807) is 6.20 Å². The molecule has 3 heteroatoms. The SMILES string of the molecule is CC.Cc1nncc2cccc(Cl)c12. The first-order valence-electron chi connectivity index (χ1n) is 4.65. The van der Waals surface area contributed by atoms with E-state index in [0.717, 1.165) is 21.5 Å². The minimum Gasteiger partial charge on any atom is -0.158 e. The standard InChI is InChI=1S/C9H7ClN2.C2H6/c1-6-9-7(5-11-12-6)3-2-4-8(9)10;1-2/h2-5H,1H3;1-2H3. The highest BCUT2D eigenvalue weighted by molar-refractivity contribution is 6.35. The maximum atomic E-state index is 5.99. The van der Waals surface area contributed by atoms with E-state index in [4.69, 9.17) is 11.6 Å². The van der Waals surface area contributed by atoms with Gasteiger partial charge >= 0.3 is 0 Å². The fourth-order valence-electron chi connectivity index (χ4n) is 1.26. The summed E-state index contributed by atoms with van der Waals surface area (Å²) >= 11 is 5.99. The number of halogens is 1. The highest BCUT2D eigenvalue weighted by Crippen LogP contribution is 2.23. The molecule has 0 fully saturated rings. The molecule has 74 valence electrons. The minimum absolute atomic E-state index is 0.736. The van der Waals surface area contributed by atoms with Gasteiger partial charge in [-0.05, 0) is 13.0 Å². The molecule has 0 aliphatic carbocycles. The molecule has 14 heavy (non-hydrogen) atoms. The number of nitrogens with zero attached hydrogens (tertiary/aromatic N) is 2. The van der Waals surface area contributed by atoms with Crippen LogP contribution in [0, 0.1) is 6.92 Å². The molecule has 1 aromatic heterocycles. The second-order valence-electron chi connectivity index (χ2n) is 2.63. The average Bonchev–Trinajstić information content (AvgIpc) is 2.21. The topological polar surface area (TPSA) is 25.8 Å². The van der Waals surface area contributed by atoms with Crippen LogP contribution < -0.4 is 0 Å². The van der Waals surface area contributed by atoms with Gasteiger partial charge in [0.2, 0.25) is 0 Å². The van der Waals surface area contributed by atoms with E-state index in [0.29, 0.717) is 0 Å². The number of rotatable bonds is 0. The van der Waals surface area contributed by atoms with Gasteiger partial charge in [0.25, 0.3) is 0 Å². The lowest BCUT2D eigenvalue weighted by Gasteiger charge is -2.00. The Hall–Kier alpha value is -1.15. The molecular weight excluding hydrogens is 196 g/mol. The third-order valence-corrected chi connectivity index (χ3v) is 2.13. The van der Waals surface area contributed by atoms with Gasteiger partial charge in [0.1, 0.15) is 0 Å². The van der Waals surface area contributed by atoms with Crippen LogP contribution >= 0.6 is 11.6 Å². The van der Waals surface area contributed by atoms with Crippen LogP contribution in [0.5, 0.6) is 0 Å². The molecule has 0 spiro atoms. The third-order valence-electron chi connectivity index (χ3n) is 1.81. The smallest absolute Gasteiger partial charge is 0.0693 e. The molecule has 0 amide bonds. The number of aryl methyl sites for hydroxylation is 1. The molecule has 0 radical (unpaired) electrons. The lowest BCUT2D eigenvalue weighted by Crippen LogP contribution is -1.87. The van der Waals surface area contributed by atoms with E-state index < -0.39 is 0 Å². The second kappa shape index (κ2) is 4.91. The highest BCUT2D eigenvalue weighted by atomic mass is 35.5. The van der Waals surface area contributed by atoms with Crippen LogP contribution in [0.2, 0.25) is 5.02 Å². The van der Waals surface area contributed by atoms with Crippen LogP contribution in [0.25, 0.3) is 10.8 Å². The molecule has 0 atom stereocenters. The van der Waals surface area contributed by atoms with Gasteiger partial charge in [-0.15, -0.1) is 0 Å². The Labute approximate surface area is 88.9 Å². The highest BCUT2D eigenvalue weighted by Gasteiger charge is 2.01. The molecule has 0 aliphatic heterocycles. The first-order valence-corrected chi connectivity index (χ1v) is 5.03. The summed E-state index contributed by atoms with van der Waals surface area (Å²) in [5, 5.41) is 10.5. The number of fused-ring (bicyclic) bond motifs is 1. The summed E-state index contributed by atoms with van der Waals surface area (Å²) in [6.07, 6.45) is 1.72. The predicted octanol–water partition coefficient (Wildman–Crippen LogP) is 3.62. The summed E-state index contributed by atoms with van der Waals surface area (Å²) in [4.78, 5) is 0. The third kappa shape index (κ3) is 2.02. The lowest BCUT2D eigenvalue weighted by molar-refractivity contribution is 1.00. The van der Waals surface area contributed by atoms with Crippen molar-refractivity contribution in [1.29, 1.82) is 0 Å². The zero-order valence-corrected chi connectivity index (χ0v) is 9.34. The summed E-state index contributed by atoms with van der Waals surface area (Å²) in [7, 11) is 0. The predicted molar refractivity (Wildman–Crippen MR) is 60.6 cm³/mol. The van der Waals surface area contributed by atoms with Crippen molar-refractivity contribution in [1.82, 2.24) is 10.2 Å². The quantitative estimate of drug-likeness (QED) is 0.661. The lowest BCUT2D eigenvalue weighted by atomic mass is 10.1. The van der Waals surface area contributed by atoms with Gasteiger partial charge in [-0.1, -0.05) is 37.6 Å². The first-order chi connectivity index (χ1) is 6.79. The summed E-state index contributed by atoms with van der Waals surface area (Å²) < 4.78 is 0. The van der Waals surface area contributed by atoms with Crippen LogP contribution in [-0.2, 0) is 0 Å². The number of aromatic nitrogens is 2. The summed E-state index contributed by atoms with van der Waals surface area (Å²) in [6.45, 7) is 5.90. The molecule has 1 heterocycles. The molecule has 0 aliphatic rings. The number of hydrogen-bond donors (Lipinski definition) is 0. The molecule has 2 aromatic rings. The first kappa shape index (κ1) is 10.9. The second-order valence-corrected chi connectivity index (χ2v) is 3.04. The van der Waals surface area contributed by atoms with Gasteiger partial charge in [0.05, 0.1) is 16.9 Å². The van der Waals surface area contributed by atoms with Crippen molar-refractivity contribution < 1.29 is 0 Å². The Morgan fingerprint density at radius 3 is 2.57 bits per heavy atom. The van der Waals surface area contributed by atoms with E-state index in [1.165, 1.54) is 0 Å². The van der Waals surface area contributed by atoms with Crippen molar-refractivity contribution in [2.24, 2.45) is 0 Å². The molecule has 0 N–H and O–H groups in total. The van der Waals surface area contributed by atoms with Gasteiger partial charge in [-0.2, -0.15) is 10.2 Å². The molecule has 0 saturated carbocycles. The van der Waals surface area contributed by atoms with Crippen molar-refractivity contribution in [3.8, 4) is 0 Å². The molecular formula is C11H13ClN2. The van der Waals surface area contributed by atoms with Gasteiger partial charge in [0.15, 0.2) is 0 Å².